The first-order chi connectivity index (χ1) is 11.4. The topological polar surface area (TPSA) is 63.5 Å². The van der Waals surface area contributed by atoms with Gasteiger partial charge in [-0.15, -0.1) is 4.31 Å². The van der Waals surface area contributed by atoms with Gasteiger partial charge in [0.2, 0.25) is 10.0 Å². The SMILES string of the molecule is CCC(=O)O[C@H]1[C@H](c2ccccc2)N1S(=O)(=O)c1ccc(C)cc1. The predicted molar refractivity (Wildman–Crippen MR) is 89.6 cm³/mol. The molecule has 1 saturated heterocycles. The van der Waals surface area contributed by atoms with E-state index in [4.69, 9.17) is 4.74 Å². The predicted octanol–water partition coefficient (Wildman–Crippen LogP) is 3.02. The van der Waals surface area contributed by atoms with Gasteiger partial charge in [0.1, 0.15) is 6.04 Å². The van der Waals surface area contributed by atoms with Crippen molar-refractivity contribution in [2.45, 2.75) is 37.4 Å². The Morgan fingerprint density at radius 2 is 1.71 bits per heavy atom. The number of hydrogen-bond donors (Lipinski definition) is 0. The van der Waals surface area contributed by atoms with Crippen LogP contribution in [0.3, 0.4) is 0 Å². The summed E-state index contributed by atoms with van der Waals surface area (Å²) in [5.74, 6) is -0.414. The van der Waals surface area contributed by atoms with Crippen molar-refractivity contribution in [1.29, 1.82) is 0 Å². The van der Waals surface area contributed by atoms with Crippen LogP contribution in [-0.2, 0) is 19.6 Å². The van der Waals surface area contributed by atoms with Gasteiger partial charge in [0, 0.05) is 6.42 Å². The Hall–Kier alpha value is -2.18. The van der Waals surface area contributed by atoms with Crippen LogP contribution < -0.4 is 0 Å². The van der Waals surface area contributed by atoms with Crippen molar-refractivity contribution < 1.29 is 17.9 Å². The average Bonchev–Trinajstić information content (AvgIpc) is 3.30. The minimum absolute atomic E-state index is 0.198. The molecule has 1 aliphatic heterocycles. The number of ether oxygens (including phenoxy) is 1. The summed E-state index contributed by atoms with van der Waals surface area (Å²) in [6.07, 6.45) is -0.581. The maximum Gasteiger partial charge on any atom is 0.307 e. The molecule has 1 heterocycles. The highest BCUT2D eigenvalue weighted by Gasteiger charge is 2.59. The van der Waals surface area contributed by atoms with E-state index in [1.165, 1.54) is 4.31 Å². The lowest BCUT2D eigenvalue weighted by molar-refractivity contribution is -0.145. The highest BCUT2D eigenvalue weighted by atomic mass is 32.2. The van der Waals surface area contributed by atoms with E-state index < -0.39 is 28.3 Å². The van der Waals surface area contributed by atoms with Crippen LogP contribution in [0, 0.1) is 6.92 Å². The maximum atomic E-state index is 12.9. The number of nitrogens with zero attached hydrogens (tertiary/aromatic N) is 1. The van der Waals surface area contributed by atoms with Crippen molar-refractivity contribution in [2.24, 2.45) is 0 Å². The van der Waals surface area contributed by atoms with Gasteiger partial charge >= 0.3 is 5.97 Å². The molecule has 3 rings (SSSR count). The maximum absolute atomic E-state index is 12.9. The quantitative estimate of drug-likeness (QED) is 0.617. The summed E-state index contributed by atoms with van der Waals surface area (Å²) in [6, 6.07) is 15.4. The van der Waals surface area contributed by atoms with Crippen LogP contribution in [0.5, 0.6) is 0 Å². The highest BCUT2D eigenvalue weighted by Crippen LogP contribution is 2.48. The van der Waals surface area contributed by atoms with Gasteiger partial charge in [0.05, 0.1) is 4.90 Å². The van der Waals surface area contributed by atoms with E-state index in [9.17, 15) is 13.2 Å². The molecule has 1 fully saturated rings. The number of sulfonamides is 1. The lowest BCUT2D eigenvalue weighted by Gasteiger charge is -2.07. The number of rotatable bonds is 5. The summed E-state index contributed by atoms with van der Waals surface area (Å²) in [4.78, 5) is 11.8. The second kappa shape index (κ2) is 6.37. The van der Waals surface area contributed by atoms with Gasteiger partial charge in [-0.1, -0.05) is 55.0 Å². The van der Waals surface area contributed by atoms with Gasteiger partial charge in [0.15, 0.2) is 6.23 Å². The monoisotopic (exact) mass is 345 g/mol. The summed E-state index contributed by atoms with van der Waals surface area (Å²) in [5.41, 5.74) is 1.79. The fraction of sp³-hybridized carbons (Fsp3) is 0.278. The summed E-state index contributed by atoms with van der Waals surface area (Å²) >= 11 is 0. The Morgan fingerprint density at radius 1 is 1.08 bits per heavy atom. The Labute approximate surface area is 141 Å². The van der Waals surface area contributed by atoms with Crippen LogP contribution >= 0.6 is 0 Å². The van der Waals surface area contributed by atoms with Crippen molar-refractivity contribution in [1.82, 2.24) is 4.31 Å². The molecule has 0 aliphatic carbocycles. The van der Waals surface area contributed by atoms with Crippen LogP contribution in [0.4, 0.5) is 0 Å². The molecule has 126 valence electrons. The molecule has 0 amide bonds. The number of aryl methyl sites for hydroxylation is 1. The summed E-state index contributed by atoms with van der Waals surface area (Å²) in [6.45, 7) is 3.58. The molecule has 6 heteroatoms. The average molecular weight is 345 g/mol. The van der Waals surface area contributed by atoms with Crippen LogP contribution in [0.1, 0.15) is 30.5 Å². The third-order valence-electron chi connectivity index (χ3n) is 3.98. The van der Waals surface area contributed by atoms with E-state index in [2.05, 4.69) is 0 Å². The molecule has 0 radical (unpaired) electrons. The van der Waals surface area contributed by atoms with Crippen LogP contribution in [0.15, 0.2) is 59.5 Å². The molecule has 0 saturated carbocycles. The minimum Gasteiger partial charge on any atom is -0.443 e. The number of carbonyl (C=O) groups is 1. The fourth-order valence-corrected chi connectivity index (χ4v) is 4.23. The third-order valence-corrected chi connectivity index (χ3v) is 5.84. The van der Waals surface area contributed by atoms with E-state index in [1.54, 1.807) is 31.2 Å². The van der Waals surface area contributed by atoms with Gasteiger partial charge in [-0.05, 0) is 24.6 Å². The molecule has 0 aromatic heterocycles. The first-order valence-electron chi connectivity index (χ1n) is 7.80. The van der Waals surface area contributed by atoms with Crippen LogP contribution in [-0.4, -0.2) is 24.9 Å². The summed E-state index contributed by atoms with van der Waals surface area (Å²) in [7, 11) is -3.73. The molecule has 2 aromatic carbocycles. The fourth-order valence-electron chi connectivity index (χ4n) is 2.61. The second-order valence-electron chi connectivity index (χ2n) is 5.74. The molecule has 0 spiro atoms. The zero-order valence-electron chi connectivity index (χ0n) is 13.5. The van der Waals surface area contributed by atoms with Gasteiger partial charge in [0.25, 0.3) is 0 Å². The lowest BCUT2D eigenvalue weighted by atomic mass is 10.1. The molecule has 0 bridgehead atoms. The second-order valence-corrected chi connectivity index (χ2v) is 7.58. The van der Waals surface area contributed by atoms with Crippen LogP contribution in [0.2, 0.25) is 0 Å². The Kier molecular flexibility index (Phi) is 4.43. The van der Waals surface area contributed by atoms with E-state index in [-0.39, 0.29) is 11.3 Å². The van der Waals surface area contributed by atoms with Gasteiger partial charge in [-0.25, -0.2) is 8.42 Å². The number of carbonyl (C=O) groups excluding carboxylic acids is 1. The first-order valence-corrected chi connectivity index (χ1v) is 9.24. The van der Waals surface area contributed by atoms with Crippen molar-refractivity contribution in [3.05, 3.63) is 65.7 Å². The van der Waals surface area contributed by atoms with Crippen molar-refractivity contribution >= 4 is 16.0 Å². The van der Waals surface area contributed by atoms with Crippen LogP contribution in [0.25, 0.3) is 0 Å². The molecule has 5 nitrogen and oxygen atoms in total. The van der Waals surface area contributed by atoms with E-state index in [1.807, 2.05) is 37.3 Å². The standard InChI is InChI=1S/C18H19NO4S/c1-3-16(20)23-18-17(14-7-5-4-6-8-14)19(18)24(21,22)15-11-9-13(2)10-12-15/h4-12,17-18H,3H2,1-2H3/t17-,18-,19?/m0/s1. The van der Waals surface area contributed by atoms with Gasteiger partial charge in [-0.2, -0.15) is 0 Å². The molecule has 1 aliphatic rings. The van der Waals surface area contributed by atoms with Crippen molar-refractivity contribution in [3.63, 3.8) is 0 Å². The number of hydrogen-bond acceptors (Lipinski definition) is 4. The Balaban J connectivity index is 1.94. The summed E-state index contributed by atoms with van der Waals surface area (Å²) < 4.78 is 32.4. The summed E-state index contributed by atoms with van der Waals surface area (Å²) in [5, 5.41) is 0. The molecule has 24 heavy (non-hydrogen) atoms. The van der Waals surface area contributed by atoms with Crippen molar-refractivity contribution in [3.8, 4) is 0 Å². The van der Waals surface area contributed by atoms with Crippen molar-refractivity contribution in [2.75, 3.05) is 0 Å². The minimum atomic E-state index is -3.73. The Morgan fingerprint density at radius 3 is 2.29 bits per heavy atom. The molecule has 3 atom stereocenters. The van der Waals surface area contributed by atoms with E-state index in [0.717, 1.165) is 11.1 Å². The normalized spacial score (nSPS) is 22.8. The molecular formula is C18H19NO4S. The largest absolute Gasteiger partial charge is 0.443 e. The van der Waals surface area contributed by atoms with E-state index >= 15 is 0 Å². The third kappa shape index (κ3) is 3.07. The molecule has 2 aromatic rings. The lowest BCUT2D eigenvalue weighted by Crippen LogP contribution is -2.18. The molecule has 0 N–H and O–H groups in total. The molecular weight excluding hydrogens is 326 g/mol. The number of benzene rings is 2. The first kappa shape index (κ1) is 16.7. The highest BCUT2D eigenvalue weighted by molar-refractivity contribution is 7.89. The van der Waals surface area contributed by atoms with E-state index in [0.29, 0.717) is 0 Å². The zero-order chi connectivity index (χ0) is 17.3. The Bertz CT molecular complexity index is 831. The smallest absolute Gasteiger partial charge is 0.307 e. The van der Waals surface area contributed by atoms with Gasteiger partial charge < -0.3 is 4.74 Å². The van der Waals surface area contributed by atoms with Gasteiger partial charge in [-0.3, -0.25) is 4.79 Å². The molecule has 1 unspecified atom stereocenters. The number of esters is 1. The zero-order valence-corrected chi connectivity index (χ0v) is 14.4.